The zero-order valence-corrected chi connectivity index (χ0v) is 23.8. The Bertz CT molecular complexity index is 1500. The molecule has 3 aromatic rings. The van der Waals surface area contributed by atoms with Crippen molar-refractivity contribution in [1.29, 1.82) is 0 Å². The van der Waals surface area contributed by atoms with Gasteiger partial charge < -0.3 is 19.5 Å². The van der Waals surface area contributed by atoms with Gasteiger partial charge in [-0.15, -0.1) is 0 Å². The minimum absolute atomic E-state index is 0.0737. The van der Waals surface area contributed by atoms with Gasteiger partial charge in [-0.1, -0.05) is 45.0 Å². The lowest BCUT2D eigenvalue weighted by Crippen LogP contribution is -2.29. The summed E-state index contributed by atoms with van der Waals surface area (Å²) < 4.78 is 10.4. The maximum Gasteiger partial charge on any atom is 0.337 e. The second-order valence-corrected chi connectivity index (χ2v) is 10.9. The predicted molar refractivity (Wildman–Crippen MR) is 155 cm³/mol. The normalized spacial score (nSPS) is 16.7. The van der Waals surface area contributed by atoms with Crippen molar-refractivity contribution in [1.82, 2.24) is 0 Å². The smallest absolute Gasteiger partial charge is 0.337 e. The van der Waals surface area contributed by atoms with E-state index in [-0.39, 0.29) is 22.3 Å². The molecule has 1 aliphatic heterocycles. The molecular formula is C32H34N2O6. The number of esters is 1. The molecule has 40 heavy (non-hydrogen) atoms. The number of hydrogen-bond donors (Lipinski definition) is 1. The van der Waals surface area contributed by atoms with Gasteiger partial charge in [-0.3, -0.25) is 14.5 Å². The van der Waals surface area contributed by atoms with Crippen LogP contribution in [0.25, 0.3) is 5.76 Å². The highest BCUT2D eigenvalue weighted by Gasteiger charge is 2.47. The summed E-state index contributed by atoms with van der Waals surface area (Å²) >= 11 is 0. The van der Waals surface area contributed by atoms with Gasteiger partial charge in [0.2, 0.25) is 0 Å². The number of aliphatic hydroxyl groups excluding tert-OH is 1. The van der Waals surface area contributed by atoms with Crippen molar-refractivity contribution in [2.75, 3.05) is 38.1 Å². The molecule has 0 saturated carbocycles. The number of ketones is 1. The van der Waals surface area contributed by atoms with Crippen LogP contribution < -0.4 is 14.5 Å². The van der Waals surface area contributed by atoms with Crippen molar-refractivity contribution in [3.8, 4) is 5.75 Å². The van der Waals surface area contributed by atoms with Crippen molar-refractivity contribution in [2.24, 2.45) is 0 Å². The van der Waals surface area contributed by atoms with Crippen molar-refractivity contribution >= 4 is 34.8 Å². The Hall–Kier alpha value is -4.59. The molecule has 1 aliphatic rings. The molecule has 0 aliphatic carbocycles. The molecule has 0 bridgehead atoms. The van der Waals surface area contributed by atoms with E-state index in [9.17, 15) is 19.5 Å². The first-order valence-corrected chi connectivity index (χ1v) is 12.8. The quantitative estimate of drug-likeness (QED) is 0.191. The molecule has 1 heterocycles. The number of carbonyl (C=O) groups is 3. The van der Waals surface area contributed by atoms with Crippen LogP contribution in [0, 0.1) is 0 Å². The van der Waals surface area contributed by atoms with Gasteiger partial charge in [-0.25, -0.2) is 4.79 Å². The summed E-state index contributed by atoms with van der Waals surface area (Å²) in [5, 5.41) is 11.7. The van der Waals surface area contributed by atoms with Gasteiger partial charge in [0, 0.05) is 25.5 Å². The second kappa shape index (κ2) is 10.9. The Morgan fingerprint density at radius 1 is 0.950 bits per heavy atom. The largest absolute Gasteiger partial charge is 0.507 e. The number of rotatable bonds is 6. The Morgan fingerprint density at radius 3 is 2.20 bits per heavy atom. The summed E-state index contributed by atoms with van der Waals surface area (Å²) in [4.78, 5) is 42.8. The van der Waals surface area contributed by atoms with Gasteiger partial charge in [0.25, 0.3) is 11.7 Å². The van der Waals surface area contributed by atoms with Crippen LogP contribution in [0.15, 0.2) is 72.3 Å². The van der Waals surface area contributed by atoms with Crippen LogP contribution in [-0.2, 0) is 19.7 Å². The van der Waals surface area contributed by atoms with E-state index in [0.717, 1.165) is 11.3 Å². The zero-order valence-electron chi connectivity index (χ0n) is 23.8. The summed E-state index contributed by atoms with van der Waals surface area (Å²) in [7, 11) is 6.58. The van der Waals surface area contributed by atoms with Gasteiger partial charge in [-0.05, 0) is 59.0 Å². The Balaban J connectivity index is 1.99. The topological polar surface area (TPSA) is 96.4 Å². The number of ether oxygens (including phenoxy) is 2. The number of aliphatic hydroxyl groups is 1. The highest BCUT2D eigenvalue weighted by molar-refractivity contribution is 6.51. The monoisotopic (exact) mass is 542 g/mol. The summed E-state index contributed by atoms with van der Waals surface area (Å²) in [6, 6.07) is 18.2. The first-order valence-electron chi connectivity index (χ1n) is 12.8. The number of carbonyl (C=O) groups excluding carboxylic acids is 3. The second-order valence-electron chi connectivity index (χ2n) is 10.9. The van der Waals surface area contributed by atoms with Crippen molar-refractivity contribution in [2.45, 2.75) is 32.2 Å². The standard InChI is InChI=1S/C32H34N2O6/c1-32(2,3)21-13-16-25(39-6)24(18-21)28(35)26-27(19-11-14-22(15-12-19)33(4)5)34(30(37)29(26)36)23-10-8-9-20(17-23)31(38)40-7/h8-18,27,35H,1-7H3/b28-26+. The summed E-state index contributed by atoms with van der Waals surface area (Å²) in [6.45, 7) is 6.12. The summed E-state index contributed by atoms with van der Waals surface area (Å²) in [6.07, 6.45) is 0. The van der Waals surface area contributed by atoms with E-state index >= 15 is 0 Å². The predicted octanol–water partition coefficient (Wildman–Crippen LogP) is 5.47. The molecule has 1 N–H and O–H groups in total. The number of anilines is 2. The van der Waals surface area contributed by atoms with Gasteiger partial charge in [0.05, 0.1) is 37.0 Å². The molecule has 1 atom stereocenters. The van der Waals surface area contributed by atoms with E-state index in [1.54, 1.807) is 30.3 Å². The van der Waals surface area contributed by atoms with E-state index in [4.69, 9.17) is 9.47 Å². The SMILES string of the molecule is COC(=O)c1cccc(N2C(=O)C(=O)/C(=C(/O)c3cc(C(C)(C)C)ccc3OC)C2c2ccc(N(C)C)cc2)c1. The van der Waals surface area contributed by atoms with Crippen LogP contribution in [0.3, 0.4) is 0 Å². The molecule has 0 aromatic heterocycles. The van der Waals surface area contributed by atoms with Crippen LogP contribution >= 0.6 is 0 Å². The number of benzene rings is 3. The Morgan fingerprint density at radius 2 is 1.62 bits per heavy atom. The van der Waals surface area contributed by atoms with E-state index < -0.39 is 23.7 Å². The summed E-state index contributed by atoms with van der Waals surface area (Å²) in [5.41, 5.74) is 2.99. The lowest BCUT2D eigenvalue weighted by molar-refractivity contribution is -0.132. The number of Topliss-reactive ketones (excluding diaryl/α,β-unsaturated/α-hetero) is 1. The molecule has 8 nitrogen and oxygen atoms in total. The Labute approximate surface area is 234 Å². The van der Waals surface area contributed by atoms with E-state index in [1.165, 1.54) is 25.2 Å². The molecule has 1 saturated heterocycles. The fourth-order valence-electron chi connectivity index (χ4n) is 4.77. The molecule has 1 unspecified atom stereocenters. The Kier molecular flexibility index (Phi) is 7.73. The maximum absolute atomic E-state index is 13.7. The molecular weight excluding hydrogens is 508 g/mol. The fraction of sp³-hybridized carbons (Fsp3) is 0.281. The van der Waals surface area contributed by atoms with Gasteiger partial charge in [0.1, 0.15) is 11.5 Å². The molecule has 0 spiro atoms. The first kappa shape index (κ1) is 28.4. The van der Waals surface area contributed by atoms with Gasteiger partial charge in [-0.2, -0.15) is 0 Å². The molecule has 0 radical (unpaired) electrons. The van der Waals surface area contributed by atoms with Crippen LogP contribution in [0.2, 0.25) is 0 Å². The summed E-state index contributed by atoms with van der Waals surface area (Å²) in [5.74, 6) is -2.21. The average molecular weight is 543 g/mol. The van der Waals surface area contributed by atoms with Crippen molar-refractivity contribution in [3.05, 3.63) is 94.6 Å². The lowest BCUT2D eigenvalue weighted by Gasteiger charge is -2.26. The molecule has 1 amide bonds. The number of hydrogen-bond acceptors (Lipinski definition) is 7. The first-order chi connectivity index (χ1) is 18.9. The van der Waals surface area contributed by atoms with Crippen LogP contribution in [0.5, 0.6) is 5.75 Å². The number of methoxy groups -OCH3 is 2. The number of nitrogens with zero attached hydrogens (tertiary/aromatic N) is 2. The number of amides is 1. The van der Waals surface area contributed by atoms with E-state index in [0.29, 0.717) is 22.6 Å². The molecule has 4 rings (SSSR count). The molecule has 3 aromatic carbocycles. The van der Waals surface area contributed by atoms with Crippen molar-refractivity contribution in [3.63, 3.8) is 0 Å². The highest BCUT2D eigenvalue weighted by atomic mass is 16.5. The lowest BCUT2D eigenvalue weighted by atomic mass is 9.85. The van der Waals surface area contributed by atoms with Crippen molar-refractivity contribution < 1.29 is 29.0 Å². The molecule has 8 heteroatoms. The fourth-order valence-corrected chi connectivity index (χ4v) is 4.77. The molecule has 208 valence electrons. The third-order valence-corrected chi connectivity index (χ3v) is 7.04. The highest BCUT2D eigenvalue weighted by Crippen LogP contribution is 2.44. The van der Waals surface area contributed by atoms with E-state index in [2.05, 4.69) is 0 Å². The van der Waals surface area contributed by atoms with Crippen LogP contribution in [0.4, 0.5) is 11.4 Å². The maximum atomic E-state index is 13.7. The minimum atomic E-state index is -0.966. The minimum Gasteiger partial charge on any atom is -0.507 e. The average Bonchev–Trinajstić information content (AvgIpc) is 3.21. The van der Waals surface area contributed by atoms with Crippen LogP contribution in [0.1, 0.15) is 53.9 Å². The van der Waals surface area contributed by atoms with Crippen LogP contribution in [-0.4, -0.2) is 51.1 Å². The van der Waals surface area contributed by atoms with E-state index in [1.807, 2.05) is 70.1 Å². The zero-order chi connectivity index (χ0) is 29.4. The van der Waals surface area contributed by atoms with Gasteiger partial charge >= 0.3 is 5.97 Å². The third-order valence-electron chi connectivity index (χ3n) is 7.04. The third kappa shape index (κ3) is 5.17. The molecule has 1 fully saturated rings. The van der Waals surface area contributed by atoms with Gasteiger partial charge in [0.15, 0.2) is 0 Å².